The third-order valence-electron chi connectivity index (χ3n) is 6.06. The van der Waals surface area contributed by atoms with E-state index in [1.165, 1.54) is 6.07 Å². The highest BCUT2D eigenvalue weighted by Gasteiger charge is 2.32. The first-order valence-corrected chi connectivity index (χ1v) is 10.6. The number of halogens is 2. The number of carbonyl (C=O) groups excluding carboxylic acids is 1. The molecule has 5 rings (SSSR count). The number of hydrogen-bond acceptors (Lipinski definition) is 3. The zero-order valence-corrected chi connectivity index (χ0v) is 17.1. The molecule has 2 heterocycles. The second kappa shape index (κ2) is 8.23. The molecule has 3 aromatic rings. The van der Waals surface area contributed by atoms with Crippen molar-refractivity contribution in [2.75, 3.05) is 24.7 Å². The summed E-state index contributed by atoms with van der Waals surface area (Å²) in [5.41, 5.74) is 3.42. The smallest absolute Gasteiger partial charge is 0.279 e. The van der Waals surface area contributed by atoms with E-state index in [1.807, 2.05) is 30.3 Å². The van der Waals surface area contributed by atoms with Gasteiger partial charge in [-0.3, -0.25) is 4.79 Å². The molecule has 1 fully saturated rings. The van der Waals surface area contributed by atoms with Gasteiger partial charge in [-0.25, -0.2) is 13.5 Å². The number of ether oxygens (including phenoxy) is 1. The van der Waals surface area contributed by atoms with Crippen molar-refractivity contribution in [1.82, 2.24) is 9.78 Å². The predicted molar refractivity (Wildman–Crippen MR) is 113 cm³/mol. The molecule has 1 aliphatic heterocycles. The van der Waals surface area contributed by atoms with Gasteiger partial charge in [-0.2, -0.15) is 5.10 Å². The van der Waals surface area contributed by atoms with Crippen molar-refractivity contribution in [3.8, 4) is 5.69 Å². The van der Waals surface area contributed by atoms with Crippen molar-refractivity contribution >= 4 is 11.6 Å². The lowest BCUT2D eigenvalue weighted by molar-refractivity contribution is 0.0975. The average molecular weight is 423 g/mol. The van der Waals surface area contributed by atoms with Gasteiger partial charge in [0.05, 0.1) is 12.3 Å². The van der Waals surface area contributed by atoms with Crippen LogP contribution in [0.5, 0.6) is 0 Å². The summed E-state index contributed by atoms with van der Waals surface area (Å²) in [5.74, 6) is -1.74. The van der Waals surface area contributed by atoms with E-state index in [0.717, 1.165) is 54.8 Å². The number of amides is 1. The average Bonchev–Trinajstić information content (AvgIpc) is 3.52. The summed E-state index contributed by atoms with van der Waals surface area (Å²) in [6.07, 6.45) is 3.31. The largest absolute Gasteiger partial charge is 0.381 e. The van der Waals surface area contributed by atoms with Crippen LogP contribution >= 0.6 is 0 Å². The van der Waals surface area contributed by atoms with Gasteiger partial charge in [0.1, 0.15) is 0 Å². The molecule has 2 aliphatic rings. The maximum absolute atomic E-state index is 13.9. The Morgan fingerprint density at radius 3 is 2.71 bits per heavy atom. The number of carbonyl (C=O) groups is 1. The molecule has 0 N–H and O–H groups in total. The minimum absolute atomic E-state index is 0.169. The zero-order valence-electron chi connectivity index (χ0n) is 17.1. The number of anilines is 1. The number of para-hydroxylation sites is 1. The number of nitrogens with zero attached hydrogens (tertiary/aromatic N) is 3. The summed E-state index contributed by atoms with van der Waals surface area (Å²) in [4.78, 5) is 15.5. The Morgan fingerprint density at radius 2 is 1.97 bits per heavy atom. The van der Waals surface area contributed by atoms with Gasteiger partial charge in [0, 0.05) is 42.1 Å². The second-order valence-electron chi connectivity index (χ2n) is 8.12. The lowest BCUT2D eigenvalue weighted by atomic mass is 10.1. The van der Waals surface area contributed by atoms with Crippen LogP contribution in [0.4, 0.5) is 14.5 Å². The molecule has 0 saturated carbocycles. The third-order valence-corrected chi connectivity index (χ3v) is 6.06. The van der Waals surface area contributed by atoms with E-state index in [4.69, 9.17) is 4.74 Å². The van der Waals surface area contributed by atoms with E-state index in [1.54, 1.807) is 9.58 Å². The summed E-state index contributed by atoms with van der Waals surface area (Å²) in [5, 5.41) is 4.60. The Labute approximate surface area is 179 Å². The summed E-state index contributed by atoms with van der Waals surface area (Å²) >= 11 is 0. The molecule has 0 bridgehead atoms. The topological polar surface area (TPSA) is 47.4 Å². The number of hydrogen-bond donors (Lipinski definition) is 0. The molecule has 0 radical (unpaired) electrons. The van der Waals surface area contributed by atoms with Crippen LogP contribution in [0.1, 0.15) is 34.6 Å². The van der Waals surface area contributed by atoms with Gasteiger partial charge < -0.3 is 9.64 Å². The molecule has 2 aromatic carbocycles. The van der Waals surface area contributed by atoms with Crippen LogP contribution in [0.25, 0.3) is 5.69 Å². The van der Waals surface area contributed by atoms with Crippen LogP contribution in [0.3, 0.4) is 0 Å². The fourth-order valence-corrected chi connectivity index (χ4v) is 4.47. The second-order valence-corrected chi connectivity index (χ2v) is 8.12. The van der Waals surface area contributed by atoms with Crippen LogP contribution in [-0.2, 0) is 17.6 Å². The molecular weight excluding hydrogens is 400 g/mol. The van der Waals surface area contributed by atoms with Gasteiger partial charge >= 0.3 is 0 Å². The monoisotopic (exact) mass is 423 g/mol. The highest BCUT2D eigenvalue weighted by atomic mass is 19.2. The molecule has 0 spiro atoms. The quantitative estimate of drug-likeness (QED) is 0.614. The Kier molecular flexibility index (Phi) is 5.28. The van der Waals surface area contributed by atoms with Gasteiger partial charge in [0.2, 0.25) is 0 Å². The first-order chi connectivity index (χ1) is 15.1. The molecule has 0 unspecified atom stereocenters. The number of rotatable bonds is 5. The Morgan fingerprint density at radius 1 is 1.13 bits per heavy atom. The van der Waals surface area contributed by atoms with Crippen LogP contribution < -0.4 is 4.90 Å². The number of aromatic nitrogens is 2. The van der Waals surface area contributed by atoms with Crippen molar-refractivity contribution in [2.45, 2.75) is 25.7 Å². The van der Waals surface area contributed by atoms with E-state index < -0.39 is 11.6 Å². The zero-order chi connectivity index (χ0) is 21.4. The fraction of sp³-hybridized carbons (Fsp3) is 0.333. The molecule has 1 aromatic heterocycles. The molecule has 1 aliphatic carbocycles. The maximum atomic E-state index is 13.9. The summed E-state index contributed by atoms with van der Waals surface area (Å²) in [6, 6.07) is 13.3. The maximum Gasteiger partial charge on any atom is 0.279 e. The van der Waals surface area contributed by atoms with Gasteiger partial charge in [-0.05, 0) is 49.9 Å². The minimum atomic E-state index is -0.931. The van der Waals surface area contributed by atoms with Gasteiger partial charge in [-0.1, -0.05) is 18.2 Å². The Hall–Kier alpha value is -3.06. The Balaban J connectivity index is 1.54. The first kappa shape index (κ1) is 19.9. The van der Waals surface area contributed by atoms with Crippen LogP contribution in [-0.4, -0.2) is 35.4 Å². The molecular formula is C24H23F2N3O2. The summed E-state index contributed by atoms with van der Waals surface area (Å²) in [6.45, 7) is 1.90. The third kappa shape index (κ3) is 3.74. The van der Waals surface area contributed by atoms with Gasteiger partial charge in [0.15, 0.2) is 17.3 Å². The molecule has 5 nitrogen and oxygen atoms in total. The summed E-state index contributed by atoms with van der Waals surface area (Å²) in [7, 11) is 0. The highest BCUT2D eigenvalue weighted by molar-refractivity contribution is 6.06. The standard InChI is InChI=1S/C24H23F2N3O2/c25-20-10-9-18(13-21(20)26)29-22-8-4-7-19(22)23(27-29)24(30)28(14-16-11-12-31-15-16)17-5-2-1-3-6-17/h1-3,5-6,9-10,13,16H,4,7-8,11-12,14-15H2/t16-/m0/s1. The normalized spacial score (nSPS) is 17.7. The molecule has 1 atom stereocenters. The van der Waals surface area contributed by atoms with E-state index in [0.29, 0.717) is 31.1 Å². The number of benzene rings is 2. The van der Waals surface area contributed by atoms with Crippen molar-refractivity contribution in [3.63, 3.8) is 0 Å². The van der Waals surface area contributed by atoms with E-state index >= 15 is 0 Å². The predicted octanol–water partition coefficient (Wildman–Crippen LogP) is 4.32. The SMILES string of the molecule is O=C(c1nn(-c2ccc(F)c(F)c2)c2c1CCC2)N(C[C@@H]1CCOC1)c1ccccc1. The van der Waals surface area contributed by atoms with Crippen molar-refractivity contribution in [2.24, 2.45) is 5.92 Å². The molecule has 7 heteroatoms. The van der Waals surface area contributed by atoms with Crippen molar-refractivity contribution < 1.29 is 18.3 Å². The van der Waals surface area contributed by atoms with E-state index in [-0.39, 0.29) is 11.8 Å². The van der Waals surface area contributed by atoms with Crippen molar-refractivity contribution in [1.29, 1.82) is 0 Å². The van der Waals surface area contributed by atoms with Crippen LogP contribution in [0.15, 0.2) is 48.5 Å². The molecule has 160 valence electrons. The molecule has 1 amide bonds. The van der Waals surface area contributed by atoms with E-state index in [2.05, 4.69) is 5.10 Å². The van der Waals surface area contributed by atoms with Crippen molar-refractivity contribution in [3.05, 3.63) is 77.1 Å². The molecule has 31 heavy (non-hydrogen) atoms. The lowest BCUT2D eigenvalue weighted by Crippen LogP contribution is -2.36. The number of fused-ring (bicyclic) bond motifs is 1. The Bertz CT molecular complexity index is 1110. The van der Waals surface area contributed by atoms with Gasteiger partial charge in [-0.15, -0.1) is 0 Å². The first-order valence-electron chi connectivity index (χ1n) is 10.6. The van der Waals surface area contributed by atoms with Crippen LogP contribution in [0, 0.1) is 17.6 Å². The van der Waals surface area contributed by atoms with E-state index in [9.17, 15) is 13.6 Å². The highest BCUT2D eigenvalue weighted by Crippen LogP contribution is 2.31. The molecule has 1 saturated heterocycles. The fourth-order valence-electron chi connectivity index (χ4n) is 4.47. The van der Waals surface area contributed by atoms with Crippen LogP contribution in [0.2, 0.25) is 0 Å². The minimum Gasteiger partial charge on any atom is -0.381 e. The summed E-state index contributed by atoms with van der Waals surface area (Å²) < 4.78 is 34.4. The lowest BCUT2D eigenvalue weighted by Gasteiger charge is -2.25. The van der Waals surface area contributed by atoms with Gasteiger partial charge in [0.25, 0.3) is 5.91 Å².